The minimum Gasteiger partial charge on any atom is -0.508 e. The second-order valence-corrected chi connectivity index (χ2v) is 17.0. The monoisotopic (exact) mass is 623 g/mol. The van der Waals surface area contributed by atoms with Crippen molar-refractivity contribution in [1.29, 1.82) is 0 Å². The highest BCUT2D eigenvalue weighted by Gasteiger charge is 2.55. The normalized spacial score (nSPS) is 39.4. The van der Waals surface area contributed by atoms with Gasteiger partial charge in [0.2, 0.25) is 5.78 Å². The molecule has 4 heteroatoms. The van der Waals surface area contributed by atoms with Gasteiger partial charge in [-0.15, -0.1) is 0 Å². The SMILES string of the molecule is CC1=CCC[C@H]2[C@](C)(CC3=CC(=O)C(Nc4ccc(O)c(C[C@]5(C)[C@@H](C)CC[C@]6(C)C(C)=CCC[C@@H]56)c4)=CC3=O)[C@@H](C)CC[C@]12C. The number of benzene rings is 1. The summed E-state index contributed by atoms with van der Waals surface area (Å²) in [5.41, 5.74) is 5.98. The lowest BCUT2D eigenvalue weighted by Crippen LogP contribution is -2.50. The first-order valence-corrected chi connectivity index (χ1v) is 18.1. The Balaban J connectivity index is 1.20. The lowest BCUT2D eigenvalue weighted by atomic mass is 9.46. The van der Waals surface area contributed by atoms with Gasteiger partial charge in [-0.05, 0) is 153 Å². The zero-order valence-corrected chi connectivity index (χ0v) is 29.7. The molecule has 2 N–H and O–H groups in total. The Hall–Kier alpha value is -2.88. The third-order valence-corrected chi connectivity index (χ3v) is 14.9. The van der Waals surface area contributed by atoms with Crippen LogP contribution in [0.15, 0.2) is 64.9 Å². The fraction of sp³-hybridized carbons (Fsp3) is 0.619. The van der Waals surface area contributed by atoms with Crippen LogP contribution in [0.2, 0.25) is 0 Å². The highest BCUT2D eigenvalue weighted by atomic mass is 16.3. The van der Waals surface area contributed by atoms with Crippen LogP contribution < -0.4 is 5.32 Å². The zero-order chi connectivity index (χ0) is 33.2. The molecule has 0 aromatic heterocycles. The van der Waals surface area contributed by atoms with Crippen molar-refractivity contribution in [3.05, 3.63) is 70.5 Å². The van der Waals surface area contributed by atoms with Crippen molar-refractivity contribution in [3.8, 4) is 5.75 Å². The fourth-order valence-corrected chi connectivity index (χ4v) is 11.0. The first kappa shape index (κ1) is 33.0. The van der Waals surface area contributed by atoms with Gasteiger partial charge in [-0.25, -0.2) is 0 Å². The van der Waals surface area contributed by atoms with Crippen molar-refractivity contribution >= 4 is 17.3 Å². The largest absolute Gasteiger partial charge is 0.508 e. The van der Waals surface area contributed by atoms with E-state index in [0.29, 0.717) is 47.1 Å². The molecule has 4 nitrogen and oxygen atoms in total. The van der Waals surface area contributed by atoms with Gasteiger partial charge in [-0.3, -0.25) is 9.59 Å². The van der Waals surface area contributed by atoms with E-state index in [2.05, 4.69) is 72.9 Å². The number of hydrogen-bond acceptors (Lipinski definition) is 4. The number of allylic oxidation sites excluding steroid dienone is 7. The summed E-state index contributed by atoms with van der Waals surface area (Å²) in [7, 11) is 0. The summed E-state index contributed by atoms with van der Waals surface area (Å²) in [6.45, 7) is 19.0. The van der Waals surface area contributed by atoms with E-state index in [9.17, 15) is 14.7 Å². The molecule has 248 valence electrons. The van der Waals surface area contributed by atoms with E-state index in [-0.39, 0.29) is 33.2 Å². The van der Waals surface area contributed by atoms with Crippen LogP contribution in [0.5, 0.6) is 5.75 Å². The summed E-state index contributed by atoms with van der Waals surface area (Å²) in [6.07, 6.45) is 18.7. The molecule has 0 unspecified atom stereocenters. The van der Waals surface area contributed by atoms with E-state index in [1.807, 2.05) is 12.1 Å². The van der Waals surface area contributed by atoms with Gasteiger partial charge in [-0.2, -0.15) is 0 Å². The number of phenolic OH excluding ortho intramolecular Hbond substituents is 1. The Morgan fingerprint density at radius 2 is 1.30 bits per heavy atom. The quantitative estimate of drug-likeness (QED) is 0.188. The van der Waals surface area contributed by atoms with E-state index >= 15 is 0 Å². The zero-order valence-electron chi connectivity index (χ0n) is 29.7. The smallest absolute Gasteiger partial charge is 0.202 e. The maximum Gasteiger partial charge on any atom is 0.202 e. The number of aromatic hydroxyl groups is 1. The van der Waals surface area contributed by atoms with Gasteiger partial charge < -0.3 is 10.4 Å². The molecule has 5 aliphatic carbocycles. The molecule has 0 spiro atoms. The van der Waals surface area contributed by atoms with Gasteiger partial charge in [0.1, 0.15) is 5.75 Å². The molecule has 1 aromatic carbocycles. The summed E-state index contributed by atoms with van der Waals surface area (Å²) in [5.74, 6) is 2.16. The molecule has 1 aromatic rings. The average molecular weight is 624 g/mol. The van der Waals surface area contributed by atoms with Crippen LogP contribution in [0.1, 0.15) is 119 Å². The van der Waals surface area contributed by atoms with Gasteiger partial charge in [0.05, 0.1) is 5.70 Å². The molecule has 2 saturated carbocycles. The lowest BCUT2D eigenvalue weighted by molar-refractivity contribution is -0.116. The molecule has 8 atom stereocenters. The van der Waals surface area contributed by atoms with E-state index in [0.717, 1.165) is 43.4 Å². The Bertz CT molecular complexity index is 1560. The maximum atomic E-state index is 13.6. The number of rotatable bonds is 6. The van der Waals surface area contributed by atoms with E-state index in [1.54, 1.807) is 12.1 Å². The highest BCUT2D eigenvalue weighted by Crippen LogP contribution is 2.63. The first-order chi connectivity index (χ1) is 21.6. The molecular weight excluding hydrogens is 566 g/mol. The van der Waals surface area contributed by atoms with Crippen LogP contribution >= 0.6 is 0 Å². The summed E-state index contributed by atoms with van der Waals surface area (Å²) in [4.78, 5) is 27.2. The van der Waals surface area contributed by atoms with Gasteiger partial charge in [0.15, 0.2) is 5.78 Å². The van der Waals surface area contributed by atoms with Crippen LogP contribution in [0, 0.1) is 45.3 Å². The number of phenols is 1. The number of hydrogen-bond donors (Lipinski definition) is 2. The molecule has 6 rings (SSSR count). The Labute approximate surface area is 277 Å². The summed E-state index contributed by atoms with van der Waals surface area (Å²) >= 11 is 0. The minimum atomic E-state index is -0.146. The summed E-state index contributed by atoms with van der Waals surface area (Å²) < 4.78 is 0. The fourth-order valence-electron chi connectivity index (χ4n) is 11.0. The number of anilines is 1. The van der Waals surface area contributed by atoms with E-state index in [4.69, 9.17) is 0 Å². The molecule has 0 saturated heterocycles. The number of fused-ring (bicyclic) bond motifs is 2. The standard InChI is InChI=1S/C42H57NO3/c1-26-11-9-13-37-39(26,5)19-17-28(3)41(37,7)24-30-21-32(15-16-34(30)44)43-33-23-35(45)31(22-36(33)46)25-42(8)29(4)18-20-40(6)27(2)12-10-14-38(40)42/h11-12,15-16,21-23,28-29,37-38,43-44H,9-10,13-14,17-20,24-25H2,1-8H3/t28-,29-,37+,38+,39+,40+,41+,42+/m0/s1. The van der Waals surface area contributed by atoms with Crippen LogP contribution in [-0.4, -0.2) is 16.7 Å². The molecular formula is C42H57NO3. The molecule has 0 bridgehead atoms. The maximum absolute atomic E-state index is 13.6. The number of ketones is 2. The van der Waals surface area contributed by atoms with E-state index < -0.39 is 0 Å². The molecule has 5 aliphatic rings. The molecule has 0 amide bonds. The van der Waals surface area contributed by atoms with Crippen LogP contribution in [0.25, 0.3) is 0 Å². The molecule has 0 radical (unpaired) electrons. The second kappa shape index (κ2) is 11.7. The van der Waals surface area contributed by atoms with Crippen LogP contribution in [0.4, 0.5) is 5.69 Å². The first-order valence-electron chi connectivity index (χ1n) is 18.1. The van der Waals surface area contributed by atoms with Crippen LogP contribution in [0.3, 0.4) is 0 Å². The lowest BCUT2D eigenvalue weighted by Gasteiger charge is -2.58. The van der Waals surface area contributed by atoms with Gasteiger partial charge in [-0.1, -0.05) is 64.8 Å². The van der Waals surface area contributed by atoms with Crippen molar-refractivity contribution in [2.24, 2.45) is 45.3 Å². The Kier molecular flexibility index (Phi) is 8.38. The van der Waals surface area contributed by atoms with E-state index in [1.165, 1.54) is 42.9 Å². The predicted octanol–water partition coefficient (Wildman–Crippen LogP) is 10.3. The van der Waals surface area contributed by atoms with Crippen molar-refractivity contribution in [1.82, 2.24) is 0 Å². The minimum absolute atomic E-state index is 0.0377. The predicted molar refractivity (Wildman–Crippen MR) is 188 cm³/mol. The molecule has 0 heterocycles. The third-order valence-electron chi connectivity index (χ3n) is 14.9. The number of carbonyl (C=O) groups is 2. The molecule has 0 aliphatic heterocycles. The number of nitrogens with one attached hydrogen (secondary N) is 1. The van der Waals surface area contributed by atoms with Crippen LogP contribution in [-0.2, 0) is 16.0 Å². The number of carbonyl (C=O) groups excluding carboxylic acids is 2. The summed E-state index contributed by atoms with van der Waals surface area (Å²) in [5, 5.41) is 14.3. The van der Waals surface area contributed by atoms with Gasteiger partial charge in [0, 0.05) is 17.3 Å². The Morgan fingerprint density at radius 3 is 1.87 bits per heavy atom. The van der Waals surface area contributed by atoms with Crippen molar-refractivity contribution in [2.45, 2.75) is 120 Å². The third kappa shape index (κ3) is 5.27. The topological polar surface area (TPSA) is 66.4 Å². The molecule has 2 fully saturated rings. The summed E-state index contributed by atoms with van der Waals surface area (Å²) in [6, 6.07) is 5.54. The van der Waals surface area contributed by atoms with Crippen molar-refractivity contribution < 1.29 is 14.7 Å². The second-order valence-electron chi connectivity index (χ2n) is 17.0. The van der Waals surface area contributed by atoms with Crippen molar-refractivity contribution in [2.75, 3.05) is 5.32 Å². The van der Waals surface area contributed by atoms with Gasteiger partial charge >= 0.3 is 0 Å². The highest BCUT2D eigenvalue weighted by molar-refractivity contribution is 6.21. The van der Waals surface area contributed by atoms with Crippen molar-refractivity contribution in [3.63, 3.8) is 0 Å². The van der Waals surface area contributed by atoms with Gasteiger partial charge in [0.25, 0.3) is 0 Å². The molecule has 46 heavy (non-hydrogen) atoms. The average Bonchev–Trinajstić information content (AvgIpc) is 3.00. The Morgan fingerprint density at radius 1 is 0.761 bits per heavy atom.